The predicted octanol–water partition coefficient (Wildman–Crippen LogP) is 4.23. The van der Waals surface area contributed by atoms with Gasteiger partial charge in [0.1, 0.15) is 5.58 Å². The fraction of sp³-hybridized carbons (Fsp3) is 0.0588. The maximum absolute atomic E-state index is 12.3. The third kappa shape index (κ3) is 3.29. The summed E-state index contributed by atoms with van der Waals surface area (Å²) >= 11 is 9.16. The third-order valence-corrected chi connectivity index (χ3v) is 4.25. The molecule has 24 heavy (non-hydrogen) atoms. The van der Waals surface area contributed by atoms with E-state index in [1.807, 2.05) is 12.1 Å². The van der Waals surface area contributed by atoms with Gasteiger partial charge in [0.25, 0.3) is 5.91 Å². The standard InChI is InChI=1S/C17H12BrClN2O3/c1-9-13-8-11(18)4-7-14(13)24-15(9)17(23)21-20-16(22)10-2-5-12(19)6-3-10/h2-8H,1H3,(H,20,22)(H,21,23). The summed E-state index contributed by atoms with van der Waals surface area (Å²) in [4.78, 5) is 24.2. The SMILES string of the molecule is Cc1c(C(=O)NNC(=O)c2ccc(Cl)cc2)oc2ccc(Br)cc12. The smallest absolute Gasteiger partial charge is 0.305 e. The lowest BCUT2D eigenvalue weighted by Crippen LogP contribution is -2.41. The highest BCUT2D eigenvalue weighted by Gasteiger charge is 2.18. The molecule has 0 unspecified atom stereocenters. The first-order valence-corrected chi connectivity index (χ1v) is 8.17. The molecule has 0 spiro atoms. The Morgan fingerprint density at radius 2 is 1.71 bits per heavy atom. The molecule has 2 amide bonds. The van der Waals surface area contributed by atoms with Crippen molar-refractivity contribution < 1.29 is 14.0 Å². The van der Waals surface area contributed by atoms with E-state index in [1.165, 1.54) is 0 Å². The lowest BCUT2D eigenvalue weighted by molar-refractivity contribution is 0.0831. The third-order valence-electron chi connectivity index (χ3n) is 3.50. The fourth-order valence-electron chi connectivity index (χ4n) is 2.25. The van der Waals surface area contributed by atoms with Crippen LogP contribution >= 0.6 is 27.5 Å². The summed E-state index contributed by atoms with van der Waals surface area (Å²) in [5.41, 5.74) is 6.38. The molecule has 5 nitrogen and oxygen atoms in total. The number of hydrogen-bond donors (Lipinski definition) is 2. The number of amides is 2. The van der Waals surface area contributed by atoms with Crippen LogP contribution < -0.4 is 10.9 Å². The number of aryl methyl sites for hydroxylation is 1. The second kappa shape index (κ2) is 6.67. The van der Waals surface area contributed by atoms with Gasteiger partial charge in [-0.25, -0.2) is 0 Å². The largest absolute Gasteiger partial charge is 0.451 e. The van der Waals surface area contributed by atoms with Crippen LogP contribution in [0.25, 0.3) is 11.0 Å². The van der Waals surface area contributed by atoms with Gasteiger partial charge in [0.05, 0.1) is 0 Å². The molecule has 0 saturated heterocycles. The first-order chi connectivity index (χ1) is 11.5. The molecular weight excluding hydrogens is 396 g/mol. The molecule has 0 aliphatic carbocycles. The first-order valence-electron chi connectivity index (χ1n) is 7.00. The van der Waals surface area contributed by atoms with E-state index >= 15 is 0 Å². The minimum Gasteiger partial charge on any atom is -0.451 e. The van der Waals surface area contributed by atoms with E-state index in [9.17, 15) is 9.59 Å². The summed E-state index contributed by atoms with van der Waals surface area (Å²) in [6.07, 6.45) is 0. The van der Waals surface area contributed by atoms with E-state index in [0.717, 1.165) is 9.86 Å². The second-order valence-electron chi connectivity index (χ2n) is 5.11. The number of rotatable bonds is 2. The zero-order chi connectivity index (χ0) is 17.3. The van der Waals surface area contributed by atoms with Gasteiger partial charge in [-0.2, -0.15) is 0 Å². The van der Waals surface area contributed by atoms with Crippen LogP contribution in [0.15, 0.2) is 51.4 Å². The summed E-state index contributed by atoms with van der Waals surface area (Å²) < 4.78 is 6.46. The van der Waals surface area contributed by atoms with Gasteiger partial charge in [-0.15, -0.1) is 0 Å². The molecule has 0 atom stereocenters. The van der Waals surface area contributed by atoms with Gasteiger partial charge in [-0.3, -0.25) is 20.4 Å². The Hall–Kier alpha value is -2.31. The molecule has 0 saturated carbocycles. The molecular formula is C17H12BrClN2O3. The van der Waals surface area contributed by atoms with E-state index in [4.69, 9.17) is 16.0 Å². The van der Waals surface area contributed by atoms with Crippen molar-refractivity contribution in [3.8, 4) is 0 Å². The number of nitrogens with one attached hydrogen (secondary N) is 2. The van der Waals surface area contributed by atoms with E-state index in [2.05, 4.69) is 26.8 Å². The Morgan fingerprint density at radius 1 is 1.04 bits per heavy atom. The van der Waals surface area contributed by atoms with Crippen molar-refractivity contribution in [2.45, 2.75) is 6.92 Å². The van der Waals surface area contributed by atoms with Crippen LogP contribution in [0.4, 0.5) is 0 Å². The molecule has 1 aromatic heterocycles. The van der Waals surface area contributed by atoms with Crippen molar-refractivity contribution in [3.05, 3.63) is 68.8 Å². The molecule has 0 bridgehead atoms. The number of furan rings is 1. The number of carbonyl (C=O) groups excluding carboxylic acids is 2. The second-order valence-corrected chi connectivity index (χ2v) is 6.46. The van der Waals surface area contributed by atoms with Gasteiger partial charge < -0.3 is 4.42 Å². The summed E-state index contributed by atoms with van der Waals surface area (Å²) in [5.74, 6) is -0.821. The Bertz CT molecular complexity index is 935. The van der Waals surface area contributed by atoms with Crippen LogP contribution in [-0.4, -0.2) is 11.8 Å². The maximum Gasteiger partial charge on any atom is 0.305 e. The maximum atomic E-state index is 12.3. The molecule has 1 heterocycles. The van der Waals surface area contributed by atoms with E-state index in [0.29, 0.717) is 21.7 Å². The van der Waals surface area contributed by atoms with E-state index < -0.39 is 11.8 Å². The molecule has 2 N–H and O–H groups in total. The summed E-state index contributed by atoms with van der Waals surface area (Å²) in [7, 11) is 0. The highest BCUT2D eigenvalue weighted by atomic mass is 79.9. The Balaban J connectivity index is 1.74. The summed E-state index contributed by atoms with van der Waals surface area (Å²) in [5, 5.41) is 1.36. The number of carbonyl (C=O) groups is 2. The van der Waals surface area contributed by atoms with Crippen molar-refractivity contribution >= 4 is 50.3 Å². The van der Waals surface area contributed by atoms with Crippen LogP contribution in [0.5, 0.6) is 0 Å². The van der Waals surface area contributed by atoms with Crippen LogP contribution in [0.3, 0.4) is 0 Å². The number of benzene rings is 2. The molecule has 7 heteroatoms. The first kappa shape index (κ1) is 16.5. The van der Waals surface area contributed by atoms with Gasteiger partial charge in [-0.05, 0) is 49.4 Å². The van der Waals surface area contributed by atoms with Crippen molar-refractivity contribution in [1.29, 1.82) is 0 Å². The van der Waals surface area contributed by atoms with Crippen LogP contribution in [0.1, 0.15) is 26.5 Å². The van der Waals surface area contributed by atoms with Gasteiger partial charge >= 0.3 is 5.91 Å². The zero-order valence-corrected chi connectivity index (χ0v) is 14.9. The lowest BCUT2D eigenvalue weighted by Gasteiger charge is -2.06. The predicted molar refractivity (Wildman–Crippen MR) is 95.0 cm³/mol. The van der Waals surface area contributed by atoms with Gasteiger partial charge in [0, 0.05) is 26.0 Å². The van der Waals surface area contributed by atoms with Gasteiger partial charge in [0.15, 0.2) is 5.76 Å². The summed E-state index contributed by atoms with van der Waals surface area (Å²) in [6, 6.07) is 11.8. The molecule has 0 radical (unpaired) electrons. The van der Waals surface area contributed by atoms with Gasteiger partial charge in [0.2, 0.25) is 0 Å². The molecule has 0 aliphatic heterocycles. The topological polar surface area (TPSA) is 71.3 Å². The number of hydrogen-bond acceptors (Lipinski definition) is 3. The number of hydrazine groups is 1. The van der Waals surface area contributed by atoms with Crippen molar-refractivity contribution in [2.24, 2.45) is 0 Å². The van der Waals surface area contributed by atoms with Crippen LogP contribution in [0, 0.1) is 6.92 Å². The van der Waals surface area contributed by atoms with Crippen LogP contribution in [0.2, 0.25) is 5.02 Å². The molecule has 3 rings (SSSR count). The van der Waals surface area contributed by atoms with Crippen molar-refractivity contribution in [2.75, 3.05) is 0 Å². The van der Waals surface area contributed by atoms with Crippen LogP contribution in [-0.2, 0) is 0 Å². The van der Waals surface area contributed by atoms with E-state index in [1.54, 1.807) is 37.3 Å². The fourth-order valence-corrected chi connectivity index (χ4v) is 2.74. The molecule has 0 aliphatic rings. The monoisotopic (exact) mass is 406 g/mol. The zero-order valence-electron chi connectivity index (χ0n) is 12.5. The van der Waals surface area contributed by atoms with E-state index in [-0.39, 0.29) is 5.76 Å². The molecule has 2 aromatic carbocycles. The molecule has 3 aromatic rings. The number of fused-ring (bicyclic) bond motifs is 1. The Labute approximate surface area is 151 Å². The number of halogens is 2. The Kier molecular flexibility index (Phi) is 4.59. The normalized spacial score (nSPS) is 10.6. The van der Waals surface area contributed by atoms with Crippen molar-refractivity contribution in [1.82, 2.24) is 10.9 Å². The minimum absolute atomic E-state index is 0.152. The highest BCUT2D eigenvalue weighted by Crippen LogP contribution is 2.27. The molecule has 0 fully saturated rings. The quantitative estimate of drug-likeness (QED) is 0.624. The summed E-state index contributed by atoms with van der Waals surface area (Å²) in [6.45, 7) is 1.79. The highest BCUT2D eigenvalue weighted by molar-refractivity contribution is 9.10. The average molecular weight is 408 g/mol. The lowest BCUT2D eigenvalue weighted by atomic mass is 10.1. The molecule has 122 valence electrons. The van der Waals surface area contributed by atoms with Crippen molar-refractivity contribution in [3.63, 3.8) is 0 Å². The Morgan fingerprint density at radius 3 is 2.42 bits per heavy atom. The average Bonchev–Trinajstić information content (AvgIpc) is 2.89. The minimum atomic E-state index is -0.526. The van der Waals surface area contributed by atoms with Gasteiger partial charge in [-0.1, -0.05) is 27.5 Å².